The molecule has 2 heterocycles. The summed E-state index contributed by atoms with van der Waals surface area (Å²) >= 11 is 0. The number of benzene rings is 4. The highest BCUT2D eigenvalue weighted by atomic mass is 16.7. The molecule has 1 aliphatic heterocycles. The summed E-state index contributed by atoms with van der Waals surface area (Å²) in [5.41, 5.74) is 2.39. The number of amides is 1. The van der Waals surface area contributed by atoms with Gasteiger partial charge in [-0.2, -0.15) is 5.10 Å². The largest absolute Gasteiger partial charge is 0.478 e. The van der Waals surface area contributed by atoms with Gasteiger partial charge in [-0.3, -0.25) is 9.69 Å². The number of carbonyl (C=O) groups is 2. The van der Waals surface area contributed by atoms with Crippen molar-refractivity contribution in [3.05, 3.63) is 108 Å². The Balaban J connectivity index is 1.56. The fourth-order valence-corrected chi connectivity index (χ4v) is 4.33. The van der Waals surface area contributed by atoms with Crippen LogP contribution in [0.1, 0.15) is 20.8 Å². The number of fused-ring (bicyclic) bond motifs is 2. The minimum atomic E-state index is -1.15. The summed E-state index contributed by atoms with van der Waals surface area (Å²) in [7, 11) is 0. The zero-order valence-electron chi connectivity index (χ0n) is 18.9. The molecule has 0 bridgehead atoms. The van der Waals surface area contributed by atoms with E-state index in [9.17, 15) is 14.7 Å². The Bertz CT molecular complexity index is 1570. The van der Waals surface area contributed by atoms with Crippen LogP contribution in [0.3, 0.4) is 0 Å². The predicted octanol–water partition coefficient (Wildman–Crippen LogP) is 5.43. The van der Waals surface area contributed by atoms with Crippen LogP contribution in [0.4, 0.5) is 11.4 Å². The first-order valence-electron chi connectivity index (χ1n) is 11.2. The van der Waals surface area contributed by atoms with E-state index < -0.39 is 5.97 Å². The average Bonchev–Trinajstić information content (AvgIpc) is 3.53. The number of ether oxygens (including phenoxy) is 2. The molecule has 1 N–H and O–H groups in total. The van der Waals surface area contributed by atoms with E-state index in [0.717, 1.165) is 0 Å². The van der Waals surface area contributed by atoms with Crippen LogP contribution >= 0.6 is 0 Å². The van der Waals surface area contributed by atoms with Gasteiger partial charge in [0.2, 0.25) is 6.79 Å². The molecule has 0 saturated carbocycles. The summed E-state index contributed by atoms with van der Waals surface area (Å²) in [6.45, 7) is 0.00451. The molecule has 0 fully saturated rings. The number of nitrogens with zero attached hydrogens (tertiary/aromatic N) is 3. The highest BCUT2D eigenvalue weighted by Gasteiger charge is 2.28. The van der Waals surface area contributed by atoms with Crippen molar-refractivity contribution < 1.29 is 24.2 Å². The SMILES string of the molecule is O=C(O)c1cc2c(cc1-n1nc(C(=O)N(c3ccccc3)c3ccccc3)c3ccccc31)OCO2. The highest BCUT2D eigenvalue weighted by Crippen LogP contribution is 2.38. The number of hydrogen-bond acceptors (Lipinski definition) is 5. The lowest BCUT2D eigenvalue weighted by molar-refractivity contribution is 0.0696. The topological polar surface area (TPSA) is 93.9 Å². The lowest BCUT2D eigenvalue weighted by Crippen LogP contribution is -2.26. The number of carboxylic acids is 1. The molecule has 36 heavy (non-hydrogen) atoms. The normalized spacial score (nSPS) is 12.0. The number of para-hydroxylation sites is 3. The molecule has 1 aromatic heterocycles. The zero-order valence-corrected chi connectivity index (χ0v) is 18.9. The molecule has 4 aromatic carbocycles. The van der Waals surface area contributed by atoms with Crippen LogP contribution in [0.2, 0.25) is 0 Å². The smallest absolute Gasteiger partial charge is 0.338 e. The molecule has 1 aliphatic rings. The minimum Gasteiger partial charge on any atom is -0.478 e. The van der Waals surface area contributed by atoms with E-state index in [-0.39, 0.29) is 29.6 Å². The predicted molar refractivity (Wildman–Crippen MR) is 134 cm³/mol. The second kappa shape index (κ2) is 8.59. The van der Waals surface area contributed by atoms with Crippen molar-refractivity contribution in [2.75, 3.05) is 11.7 Å². The number of hydrogen-bond donors (Lipinski definition) is 1. The number of carboxylic acid groups (broad SMARTS) is 1. The van der Waals surface area contributed by atoms with Crippen molar-refractivity contribution in [1.82, 2.24) is 9.78 Å². The van der Waals surface area contributed by atoms with Gasteiger partial charge in [0.15, 0.2) is 17.2 Å². The summed E-state index contributed by atoms with van der Waals surface area (Å²) in [5, 5.41) is 15.2. The van der Waals surface area contributed by atoms with Crippen molar-refractivity contribution in [2.45, 2.75) is 0 Å². The van der Waals surface area contributed by atoms with Gasteiger partial charge >= 0.3 is 5.97 Å². The molecule has 0 unspecified atom stereocenters. The number of aromatic carboxylic acids is 1. The van der Waals surface area contributed by atoms with Crippen LogP contribution in [-0.2, 0) is 0 Å². The van der Waals surface area contributed by atoms with Gasteiger partial charge in [0.25, 0.3) is 5.91 Å². The van der Waals surface area contributed by atoms with Gasteiger partial charge in [0.1, 0.15) is 0 Å². The first-order valence-corrected chi connectivity index (χ1v) is 11.2. The molecule has 0 spiro atoms. The summed E-state index contributed by atoms with van der Waals surface area (Å²) in [6, 6.07) is 28.8. The van der Waals surface area contributed by atoms with Crippen LogP contribution in [0.15, 0.2) is 97.1 Å². The molecule has 6 rings (SSSR count). The molecule has 1 amide bonds. The zero-order chi connectivity index (χ0) is 24.6. The van der Waals surface area contributed by atoms with E-state index in [2.05, 4.69) is 5.10 Å². The van der Waals surface area contributed by atoms with Crippen molar-refractivity contribution in [2.24, 2.45) is 0 Å². The van der Waals surface area contributed by atoms with Crippen LogP contribution in [0.5, 0.6) is 11.5 Å². The molecular weight excluding hydrogens is 458 g/mol. The first kappa shape index (κ1) is 21.4. The molecule has 8 heteroatoms. The Labute approximate surface area is 205 Å². The molecule has 176 valence electrons. The van der Waals surface area contributed by atoms with Gasteiger partial charge in [-0.05, 0) is 30.3 Å². The fraction of sp³-hybridized carbons (Fsp3) is 0.0357. The van der Waals surface area contributed by atoms with Crippen LogP contribution in [0.25, 0.3) is 16.6 Å². The Kier molecular flexibility index (Phi) is 5.11. The van der Waals surface area contributed by atoms with Crippen LogP contribution in [0, 0.1) is 0 Å². The lowest BCUT2D eigenvalue weighted by Gasteiger charge is -2.22. The van der Waals surface area contributed by atoms with Gasteiger partial charge in [0.05, 0.1) is 16.8 Å². The highest BCUT2D eigenvalue weighted by molar-refractivity contribution is 6.16. The minimum absolute atomic E-state index is 0.00451. The molecule has 0 atom stereocenters. The quantitative estimate of drug-likeness (QED) is 0.363. The van der Waals surface area contributed by atoms with Crippen molar-refractivity contribution >= 4 is 34.2 Å². The monoisotopic (exact) mass is 477 g/mol. The van der Waals surface area contributed by atoms with E-state index in [0.29, 0.717) is 33.8 Å². The third-order valence-corrected chi connectivity index (χ3v) is 5.97. The van der Waals surface area contributed by atoms with Gasteiger partial charge in [-0.25, -0.2) is 9.48 Å². The Morgan fingerprint density at radius 3 is 2.03 bits per heavy atom. The third kappa shape index (κ3) is 3.52. The van der Waals surface area contributed by atoms with E-state index >= 15 is 0 Å². The average molecular weight is 477 g/mol. The lowest BCUT2D eigenvalue weighted by atomic mass is 10.1. The Morgan fingerprint density at radius 2 is 1.39 bits per heavy atom. The molecule has 0 radical (unpaired) electrons. The van der Waals surface area contributed by atoms with E-state index in [1.807, 2.05) is 72.8 Å². The fourth-order valence-electron chi connectivity index (χ4n) is 4.33. The molecule has 0 saturated heterocycles. The van der Waals surface area contributed by atoms with Gasteiger partial charge in [0, 0.05) is 28.9 Å². The maximum Gasteiger partial charge on any atom is 0.338 e. The van der Waals surface area contributed by atoms with Gasteiger partial charge in [-0.1, -0.05) is 54.6 Å². The van der Waals surface area contributed by atoms with Gasteiger partial charge < -0.3 is 14.6 Å². The van der Waals surface area contributed by atoms with E-state index in [1.165, 1.54) is 10.7 Å². The van der Waals surface area contributed by atoms with E-state index in [4.69, 9.17) is 9.47 Å². The summed E-state index contributed by atoms with van der Waals surface area (Å²) < 4.78 is 12.3. The maximum atomic E-state index is 14.1. The second-order valence-electron chi connectivity index (χ2n) is 8.12. The number of rotatable bonds is 5. The third-order valence-electron chi connectivity index (χ3n) is 5.97. The summed E-state index contributed by atoms with van der Waals surface area (Å²) in [4.78, 5) is 27.8. The number of anilines is 2. The Morgan fingerprint density at radius 1 is 0.806 bits per heavy atom. The van der Waals surface area contributed by atoms with Gasteiger partial charge in [-0.15, -0.1) is 0 Å². The van der Waals surface area contributed by atoms with Crippen LogP contribution < -0.4 is 14.4 Å². The molecule has 0 aliphatic carbocycles. The second-order valence-corrected chi connectivity index (χ2v) is 8.12. The number of aromatic nitrogens is 2. The summed E-state index contributed by atoms with van der Waals surface area (Å²) in [6.07, 6.45) is 0. The van der Waals surface area contributed by atoms with Crippen LogP contribution in [-0.4, -0.2) is 33.6 Å². The van der Waals surface area contributed by atoms with E-state index in [1.54, 1.807) is 23.1 Å². The number of carbonyl (C=O) groups excluding carboxylic acids is 1. The Hall–Kier alpha value is -5.11. The maximum absolute atomic E-state index is 14.1. The van der Waals surface area contributed by atoms with Crippen molar-refractivity contribution in [1.29, 1.82) is 0 Å². The van der Waals surface area contributed by atoms with Crippen molar-refractivity contribution in [3.63, 3.8) is 0 Å². The first-order chi connectivity index (χ1) is 17.6. The molecule has 5 aromatic rings. The molecule has 8 nitrogen and oxygen atoms in total. The summed E-state index contributed by atoms with van der Waals surface area (Å²) in [5.74, 6) is -0.730. The molecular formula is C28H19N3O5. The van der Waals surface area contributed by atoms with Crippen molar-refractivity contribution in [3.8, 4) is 17.2 Å². The standard InChI is InChI=1S/C28H19N3O5/c32-27(30(18-9-3-1-4-10-18)19-11-5-2-6-12-19)26-20-13-7-8-14-22(20)31(29-26)23-16-25-24(35-17-36-25)15-21(23)28(33)34/h1-16H,17H2,(H,33,34).